The zero-order valence-electron chi connectivity index (χ0n) is 21.0. The summed E-state index contributed by atoms with van der Waals surface area (Å²) in [5.74, 6) is -0.731. The molecule has 3 aromatic rings. The quantitative estimate of drug-likeness (QED) is 0.448. The van der Waals surface area contributed by atoms with Crippen molar-refractivity contribution in [2.24, 2.45) is 5.92 Å². The van der Waals surface area contributed by atoms with Gasteiger partial charge in [0.15, 0.2) is 5.82 Å². The van der Waals surface area contributed by atoms with Crippen molar-refractivity contribution in [2.75, 3.05) is 7.11 Å². The maximum absolute atomic E-state index is 14.5. The third-order valence-electron chi connectivity index (χ3n) is 6.22. The predicted octanol–water partition coefficient (Wildman–Crippen LogP) is 5.75. The average Bonchev–Trinajstić information content (AvgIpc) is 3.78. The standard InChI is InChI=1S/C25H26FN3O4.C3H6/c1-4-19-24(17-11-23(32-3)27-12-18(17)26)28-13-20(29-19)21-8-7-16-6-5-15(10-22(16)33-21)9-14(2)25(30)31;1-2-3-1/h5-6,10-14,21H,4,7-9H2,1-3H3,(H,30,31);1-3H2. The molecule has 1 N–H and O–H groups in total. The number of hydrogen-bond acceptors (Lipinski definition) is 6. The second-order valence-corrected chi connectivity index (χ2v) is 9.24. The second kappa shape index (κ2) is 11.5. The summed E-state index contributed by atoms with van der Waals surface area (Å²) in [5.41, 5.74) is 4.11. The van der Waals surface area contributed by atoms with Crippen molar-refractivity contribution in [3.63, 3.8) is 0 Å². The lowest BCUT2D eigenvalue weighted by atomic mass is 9.95. The van der Waals surface area contributed by atoms with Gasteiger partial charge in [0.2, 0.25) is 5.88 Å². The molecule has 0 spiro atoms. The Bertz CT molecular complexity index is 1230. The number of aliphatic carboxylic acids is 1. The van der Waals surface area contributed by atoms with Crippen LogP contribution in [0, 0.1) is 11.7 Å². The van der Waals surface area contributed by atoms with Gasteiger partial charge in [-0.05, 0) is 42.9 Å². The molecule has 8 heteroatoms. The monoisotopic (exact) mass is 493 g/mol. The number of fused-ring (bicyclic) bond motifs is 1. The number of aryl methyl sites for hydroxylation is 2. The fourth-order valence-corrected chi connectivity index (χ4v) is 3.97. The minimum Gasteiger partial charge on any atom is -0.484 e. The third-order valence-corrected chi connectivity index (χ3v) is 6.22. The number of carbonyl (C=O) groups is 1. The Morgan fingerprint density at radius 3 is 2.67 bits per heavy atom. The molecular formula is C28H32FN3O4. The van der Waals surface area contributed by atoms with Crippen molar-refractivity contribution in [3.8, 4) is 22.9 Å². The van der Waals surface area contributed by atoms with E-state index in [1.807, 2.05) is 25.1 Å². The number of rotatable bonds is 7. The van der Waals surface area contributed by atoms with Crippen molar-refractivity contribution in [2.45, 2.75) is 64.9 Å². The number of methoxy groups -OCH3 is 1. The number of carboxylic acid groups (broad SMARTS) is 1. The van der Waals surface area contributed by atoms with Crippen LogP contribution in [0.1, 0.15) is 68.1 Å². The van der Waals surface area contributed by atoms with E-state index >= 15 is 0 Å². The first-order chi connectivity index (χ1) is 17.4. The van der Waals surface area contributed by atoms with Gasteiger partial charge < -0.3 is 14.6 Å². The van der Waals surface area contributed by atoms with Crippen molar-refractivity contribution in [1.29, 1.82) is 0 Å². The zero-order valence-corrected chi connectivity index (χ0v) is 21.0. The normalized spacial score (nSPS) is 16.6. The summed E-state index contributed by atoms with van der Waals surface area (Å²) in [7, 11) is 1.48. The molecule has 1 aliphatic heterocycles. The van der Waals surface area contributed by atoms with Crippen molar-refractivity contribution < 1.29 is 23.8 Å². The third kappa shape index (κ3) is 6.17. The summed E-state index contributed by atoms with van der Waals surface area (Å²) in [6.45, 7) is 3.64. The van der Waals surface area contributed by atoms with Crippen LogP contribution < -0.4 is 9.47 Å². The number of carboxylic acids is 1. The van der Waals surface area contributed by atoms with Crippen LogP contribution in [-0.2, 0) is 24.1 Å². The van der Waals surface area contributed by atoms with Crippen LogP contribution in [-0.4, -0.2) is 33.1 Å². The van der Waals surface area contributed by atoms with Gasteiger partial charge in [-0.1, -0.05) is 45.2 Å². The zero-order chi connectivity index (χ0) is 25.7. The summed E-state index contributed by atoms with van der Waals surface area (Å²) in [6.07, 6.45) is 9.53. The van der Waals surface area contributed by atoms with Crippen LogP contribution in [0.25, 0.3) is 11.3 Å². The van der Waals surface area contributed by atoms with Crippen LogP contribution >= 0.6 is 0 Å². The van der Waals surface area contributed by atoms with E-state index in [1.165, 1.54) is 32.4 Å². The van der Waals surface area contributed by atoms with Crippen LogP contribution in [0.5, 0.6) is 11.6 Å². The summed E-state index contributed by atoms with van der Waals surface area (Å²) in [5, 5.41) is 9.19. The molecule has 5 rings (SSSR count). The van der Waals surface area contributed by atoms with Crippen molar-refractivity contribution in [1.82, 2.24) is 15.0 Å². The lowest BCUT2D eigenvalue weighted by molar-refractivity contribution is -0.141. The lowest BCUT2D eigenvalue weighted by Gasteiger charge is -2.26. The Morgan fingerprint density at radius 1 is 1.22 bits per heavy atom. The van der Waals surface area contributed by atoms with Crippen LogP contribution in [0.4, 0.5) is 4.39 Å². The molecule has 1 aromatic carbocycles. The fourth-order valence-electron chi connectivity index (χ4n) is 3.97. The molecule has 0 saturated heterocycles. The molecule has 190 valence electrons. The maximum atomic E-state index is 14.5. The highest BCUT2D eigenvalue weighted by atomic mass is 19.1. The van der Waals surface area contributed by atoms with E-state index in [1.54, 1.807) is 13.1 Å². The molecule has 0 radical (unpaired) electrons. The number of nitrogens with zero attached hydrogens (tertiary/aromatic N) is 3. The number of ether oxygens (including phenoxy) is 2. The molecule has 2 unspecified atom stereocenters. The van der Waals surface area contributed by atoms with Crippen LogP contribution in [0.2, 0.25) is 0 Å². The number of pyridine rings is 1. The Morgan fingerprint density at radius 2 is 2.00 bits per heavy atom. The maximum Gasteiger partial charge on any atom is 0.306 e. The minimum absolute atomic E-state index is 0.284. The SMILES string of the molecule is C1CC1.CCc1nc(C2CCc3ccc(CC(C)C(=O)O)cc3O2)cnc1-c1cc(OC)ncc1F. The molecular weight excluding hydrogens is 461 g/mol. The molecule has 0 bridgehead atoms. The van der Waals surface area contributed by atoms with E-state index in [-0.39, 0.29) is 6.10 Å². The van der Waals surface area contributed by atoms with Gasteiger partial charge in [-0.25, -0.2) is 9.37 Å². The number of halogens is 1. The van der Waals surface area contributed by atoms with E-state index in [4.69, 9.17) is 14.5 Å². The molecule has 2 aromatic heterocycles. The largest absolute Gasteiger partial charge is 0.484 e. The molecule has 1 aliphatic carbocycles. The van der Waals surface area contributed by atoms with E-state index in [0.29, 0.717) is 41.4 Å². The highest BCUT2D eigenvalue weighted by Gasteiger charge is 2.25. The Balaban J connectivity index is 0.000000943. The molecule has 0 amide bonds. The topological polar surface area (TPSA) is 94.4 Å². The molecule has 1 fully saturated rings. The first-order valence-corrected chi connectivity index (χ1v) is 12.5. The molecule has 2 aliphatic rings. The van der Waals surface area contributed by atoms with E-state index in [0.717, 1.165) is 35.9 Å². The fraction of sp³-hybridized carbons (Fsp3) is 0.429. The molecule has 3 heterocycles. The first-order valence-electron chi connectivity index (χ1n) is 12.5. The van der Waals surface area contributed by atoms with Gasteiger partial charge in [0.25, 0.3) is 0 Å². The highest BCUT2D eigenvalue weighted by Crippen LogP contribution is 2.36. The van der Waals surface area contributed by atoms with Gasteiger partial charge in [-0.3, -0.25) is 14.8 Å². The van der Waals surface area contributed by atoms with Gasteiger partial charge in [0.05, 0.1) is 42.5 Å². The smallest absolute Gasteiger partial charge is 0.306 e. The lowest BCUT2D eigenvalue weighted by Crippen LogP contribution is -2.18. The number of aromatic nitrogens is 3. The minimum atomic E-state index is -0.822. The Labute approximate surface area is 210 Å². The van der Waals surface area contributed by atoms with Gasteiger partial charge in [0.1, 0.15) is 11.9 Å². The average molecular weight is 494 g/mol. The van der Waals surface area contributed by atoms with Crippen LogP contribution in [0.3, 0.4) is 0 Å². The first kappa shape index (κ1) is 25.5. The number of hydrogen-bond donors (Lipinski definition) is 1. The predicted molar refractivity (Wildman–Crippen MR) is 134 cm³/mol. The Kier molecular flexibility index (Phi) is 8.13. The van der Waals surface area contributed by atoms with Gasteiger partial charge >= 0.3 is 5.97 Å². The van der Waals surface area contributed by atoms with Crippen molar-refractivity contribution >= 4 is 5.97 Å². The van der Waals surface area contributed by atoms with Crippen LogP contribution in [0.15, 0.2) is 36.7 Å². The second-order valence-electron chi connectivity index (χ2n) is 9.24. The van der Waals surface area contributed by atoms with E-state index in [9.17, 15) is 14.3 Å². The molecule has 7 nitrogen and oxygen atoms in total. The summed E-state index contributed by atoms with van der Waals surface area (Å²) in [6, 6.07) is 7.40. The molecule has 1 saturated carbocycles. The van der Waals surface area contributed by atoms with Gasteiger partial charge in [-0.15, -0.1) is 0 Å². The summed E-state index contributed by atoms with van der Waals surface area (Å²) < 4.78 is 25.8. The number of benzene rings is 1. The van der Waals surface area contributed by atoms with E-state index < -0.39 is 17.7 Å². The van der Waals surface area contributed by atoms with Gasteiger partial charge in [0, 0.05) is 11.6 Å². The summed E-state index contributed by atoms with van der Waals surface area (Å²) >= 11 is 0. The molecule has 36 heavy (non-hydrogen) atoms. The molecule has 2 atom stereocenters. The highest BCUT2D eigenvalue weighted by molar-refractivity contribution is 5.70. The summed E-state index contributed by atoms with van der Waals surface area (Å²) in [4.78, 5) is 24.4. The van der Waals surface area contributed by atoms with E-state index in [2.05, 4.69) is 9.97 Å². The Hall–Kier alpha value is -3.55. The van der Waals surface area contributed by atoms with Crippen molar-refractivity contribution in [3.05, 3.63) is 65.0 Å². The van der Waals surface area contributed by atoms with Gasteiger partial charge in [-0.2, -0.15) is 0 Å².